The van der Waals surface area contributed by atoms with Crippen LogP contribution in [0.4, 0.5) is 0 Å². The number of nitrogens with two attached hydrogens (primary N) is 1. The van der Waals surface area contributed by atoms with Gasteiger partial charge in [-0.3, -0.25) is 0 Å². The SMILES string of the molecule is CC(C)c1ccc([C@H]2[C@H]3CN(C)CC=C3C(C#N)=C(N)C2(C#N)C#N)cc1. The van der Waals surface area contributed by atoms with Gasteiger partial charge < -0.3 is 10.6 Å². The highest BCUT2D eigenvalue weighted by Crippen LogP contribution is 2.54. The summed E-state index contributed by atoms with van der Waals surface area (Å²) in [7, 11) is 2.00. The lowest BCUT2D eigenvalue weighted by Crippen LogP contribution is -2.47. The van der Waals surface area contributed by atoms with Gasteiger partial charge in [0.25, 0.3) is 0 Å². The Labute approximate surface area is 160 Å². The summed E-state index contributed by atoms with van der Waals surface area (Å²) in [4.78, 5) is 2.14. The third-order valence-electron chi connectivity index (χ3n) is 5.81. The van der Waals surface area contributed by atoms with Crippen molar-refractivity contribution in [2.45, 2.75) is 25.7 Å². The fourth-order valence-electron chi connectivity index (χ4n) is 4.29. The molecule has 5 heteroatoms. The molecule has 0 aromatic heterocycles. The Balaban J connectivity index is 2.26. The first kappa shape index (κ1) is 18.7. The van der Waals surface area contributed by atoms with Crippen molar-refractivity contribution in [2.75, 3.05) is 20.1 Å². The van der Waals surface area contributed by atoms with Crippen molar-refractivity contribution < 1.29 is 0 Å². The van der Waals surface area contributed by atoms with E-state index in [0.717, 1.165) is 17.7 Å². The van der Waals surface area contributed by atoms with Crippen LogP contribution in [-0.2, 0) is 0 Å². The fourth-order valence-corrected chi connectivity index (χ4v) is 4.29. The second-order valence-corrected chi connectivity index (χ2v) is 7.72. The maximum absolute atomic E-state index is 10.0. The predicted octanol–water partition coefficient (Wildman–Crippen LogP) is 3.17. The molecule has 0 amide bonds. The smallest absolute Gasteiger partial charge is 0.191 e. The molecule has 1 aromatic carbocycles. The van der Waals surface area contributed by atoms with Crippen molar-refractivity contribution in [3.05, 3.63) is 58.3 Å². The van der Waals surface area contributed by atoms with Crippen molar-refractivity contribution >= 4 is 0 Å². The van der Waals surface area contributed by atoms with Crippen molar-refractivity contribution in [2.24, 2.45) is 17.1 Å². The maximum atomic E-state index is 10.0. The van der Waals surface area contributed by atoms with E-state index in [1.807, 2.05) is 25.3 Å². The molecule has 0 spiro atoms. The fraction of sp³-hybridized carbons (Fsp3) is 0.409. The average Bonchev–Trinajstić information content (AvgIpc) is 2.67. The zero-order valence-corrected chi connectivity index (χ0v) is 15.9. The Morgan fingerprint density at radius 3 is 2.30 bits per heavy atom. The molecule has 136 valence electrons. The number of hydrogen-bond donors (Lipinski definition) is 1. The summed E-state index contributed by atoms with van der Waals surface area (Å²) >= 11 is 0. The second kappa shape index (κ2) is 6.92. The summed E-state index contributed by atoms with van der Waals surface area (Å²) in [6.45, 7) is 5.64. The molecule has 2 aliphatic rings. The highest BCUT2D eigenvalue weighted by molar-refractivity contribution is 5.59. The maximum Gasteiger partial charge on any atom is 0.191 e. The molecular formula is C22H23N5. The van der Waals surface area contributed by atoms with Gasteiger partial charge in [-0.2, -0.15) is 15.8 Å². The van der Waals surface area contributed by atoms with Crippen molar-refractivity contribution in [1.82, 2.24) is 4.90 Å². The molecule has 0 saturated heterocycles. The highest BCUT2D eigenvalue weighted by atomic mass is 15.1. The van der Waals surface area contributed by atoms with E-state index in [0.29, 0.717) is 18.0 Å². The van der Waals surface area contributed by atoms with E-state index in [1.165, 1.54) is 5.56 Å². The first-order valence-corrected chi connectivity index (χ1v) is 9.11. The average molecular weight is 357 g/mol. The Bertz CT molecular complexity index is 917. The van der Waals surface area contributed by atoms with Crippen molar-refractivity contribution in [3.8, 4) is 18.2 Å². The molecular weight excluding hydrogens is 334 g/mol. The quantitative estimate of drug-likeness (QED) is 0.876. The normalized spacial score (nSPS) is 24.4. The monoisotopic (exact) mass is 357 g/mol. The number of benzene rings is 1. The third kappa shape index (κ3) is 2.80. The minimum absolute atomic E-state index is 0.0833. The lowest BCUT2D eigenvalue weighted by Gasteiger charge is -2.45. The van der Waals surface area contributed by atoms with Crippen LogP contribution in [0.3, 0.4) is 0 Å². The molecule has 1 heterocycles. The van der Waals surface area contributed by atoms with Crippen LogP contribution < -0.4 is 5.73 Å². The summed E-state index contributed by atoms with van der Waals surface area (Å²) in [6.07, 6.45) is 2.01. The minimum Gasteiger partial charge on any atom is -0.399 e. The van der Waals surface area contributed by atoms with Crippen LogP contribution in [0.25, 0.3) is 0 Å². The molecule has 1 aromatic rings. The molecule has 0 radical (unpaired) electrons. The number of nitrogens with zero attached hydrogens (tertiary/aromatic N) is 4. The standard InChI is InChI=1S/C22H23N5/c1-14(2)15-4-6-16(7-5-15)20-19-11-27(3)9-8-17(19)18(10-23)21(26)22(20,12-24)13-25/h4-8,14,19-20H,9,11,26H2,1-3H3/t19-,20-/m0/s1. The molecule has 2 atom stereocenters. The van der Waals surface area contributed by atoms with Crippen LogP contribution in [0.2, 0.25) is 0 Å². The van der Waals surface area contributed by atoms with Crippen LogP contribution in [0.5, 0.6) is 0 Å². The number of nitriles is 3. The van der Waals surface area contributed by atoms with Crippen LogP contribution in [0, 0.1) is 45.3 Å². The van der Waals surface area contributed by atoms with E-state index in [4.69, 9.17) is 5.73 Å². The number of rotatable bonds is 2. The molecule has 0 fully saturated rings. The van der Waals surface area contributed by atoms with Gasteiger partial charge in [0.2, 0.25) is 0 Å². The Kier molecular flexibility index (Phi) is 4.79. The molecule has 5 nitrogen and oxygen atoms in total. The molecule has 2 N–H and O–H groups in total. The van der Waals surface area contributed by atoms with E-state index in [9.17, 15) is 15.8 Å². The van der Waals surface area contributed by atoms with Gasteiger partial charge in [0.1, 0.15) is 6.07 Å². The zero-order valence-electron chi connectivity index (χ0n) is 15.9. The summed E-state index contributed by atoms with van der Waals surface area (Å²) < 4.78 is 0. The topological polar surface area (TPSA) is 101 Å². The first-order chi connectivity index (χ1) is 12.9. The predicted molar refractivity (Wildman–Crippen MR) is 103 cm³/mol. The summed E-state index contributed by atoms with van der Waals surface area (Å²) in [6, 6.07) is 14.6. The third-order valence-corrected chi connectivity index (χ3v) is 5.81. The van der Waals surface area contributed by atoms with E-state index in [1.54, 1.807) is 0 Å². The van der Waals surface area contributed by atoms with Crippen molar-refractivity contribution in [3.63, 3.8) is 0 Å². The Morgan fingerprint density at radius 2 is 1.78 bits per heavy atom. The van der Waals surface area contributed by atoms with Gasteiger partial charge in [-0.05, 0) is 29.7 Å². The number of hydrogen-bond acceptors (Lipinski definition) is 5. The first-order valence-electron chi connectivity index (χ1n) is 9.11. The van der Waals surface area contributed by atoms with Gasteiger partial charge in [0.05, 0.1) is 23.4 Å². The largest absolute Gasteiger partial charge is 0.399 e. The van der Waals surface area contributed by atoms with E-state index in [2.05, 4.69) is 49.1 Å². The summed E-state index contributed by atoms with van der Waals surface area (Å²) in [5.74, 6) is -0.150. The molecule has 0 saturated carbocycles. The van der Waals surface area contributed by atoms with Gasteiger partial charge >= 0.3 is 0 Å². The Morgan fingerprint density at radius 1 is 1.15 bits per heavy atom. The van der Waals surface area contributed by atoms with E-state index >= 15 is 0 Å². The number of likely N-dealkylation sites (N-methyl/N-ethyl adjacent to an activating group) is 1. The second-order valence-electron chi connectivity index (χ2n) is 7.72. The van der Waals surface area contributed by atoms with Crippen LogP contribution in [-0.4, -0.2) is 25.0 Å². The zero-order chi connectivity index (χ0) is 19.8. The molecule has 0 unspecified atom stereocenters. The Hall–Kier alpha value is -3.07. The lowest BCUT2D eigenvalue weighted by atomic mass is 9.58. The van der Waals surface area contributed by atoms with E-state index in [-0.39, 0.29) is 11.6 Å². The van der Waals surface area contributed by atoms with Gasteiger partial charge in [0, 0.05) is 24.9 Å². The molecule has 3 rings (SSSR count). The van der Waals surface area contributed by atoms with Crippen LogP contribution in [0.15, 0.2) is 47.2 Å². The van der Waals surface area contributed by atoms with Gasteiger partial charge in [-0.25, -0.2) is 0 Å². The molecule has 27 heavy (non-hydrogen) atoms. The molecule has 1 aliphatic heterocycles. The van der Waals surface area contributed by atoms with Gasteiger partial charge in [-0.15, -0.1) is 0 Å². The van der Waals surface area contributed by atoms with Crippen molar-refractivity contribution in [1.29, 1.82) is 15.8 Å². The lowest BCUT2D eigenvalue weighted by molar-refractivity contribution is 0.237. The van der Waals surface area contributed by atoms with Gasteiger partial charge in [-0.1, -0.05) is 44.2 Å². The summed E-state index contributed by atoms with van der Waals surface area (Å²) in [5, 5.41) is 29.7. The van der Waals surface area contributed by atoms with E-state index < -0.39 is 11.3 Å². The molecule has 1 aliphatic carbocycles. The highest BCUT2D eigenvalue weighted by Gasteiger charge is 2.54. The minimum atomic E-state index is -1.55. The van der Waals surface area contributed by atoms with Crippen LogP contribution >= 0.6 is 0 Å². The summed E-state index contributed by atoms with van der Waals surface area (Å²) in [5.41, 5.74) is 8.10. The van der Waals surface area contributed by atoms with Crippen LogP contribution in [0.1, 0.15) is 36.8 Å². The molecule has 0 bridgehead atoms. The van der Waals surface area contributed by atoms with Gasteiger partial charge in [0.15, 0.2) is 5.41 Å². The number of fused-ring (bicyclic) bond motifs is 1. The number of allylic oxidation sites excluding steroid dienone is 2.